The predicted octanol–water partition coefficient (Wildman–Crippen LogP) is 3.85. The maximum absolute atomic E-state index is 11.6. The summed E-state index contributed by atoms with van der Waals surface area (Å²) in [6.07, 6.45) is 0. The molecule has 0 saturated carbocycles. The van der Waals surface area contributed by atoms with Crippen LogP contribution in [0.5, 0.6) is 0 Å². The van der Waals surface area contributed by atoms with Crippen molar-refractivity contribution in [3.63, 3.8) is 0 Å². The van der Waals surface area contributed by atoms with E-state index in [9.17, 15) is 9.90 Å². The standard InChI is InChI=1S/C17H19NO2/c1-11-9-12(2)15(13(3)10-11)16(17(19)20)18-14-7-5-4-6-8-14/h4-10,16,18H,1-3H3,(H,19,20). The quantitative estimate of drug-likeness (QED) is 0.886. The molecule has 0 radical (unpaired) electrons. The zero-order valence-corrected chi connectivity index (χ0v) is 12.0. The highest BCUT2D eigenvalue weighted by Gasteiger charge is 2.23. The number of aryl methyl sites for hydroxylation is 3. The Kier molecular flexibility index (Phi) is 4.08. The molecule has 0 amide bonds. The van der Waals surface area contributed by atoms with E-state index in [-0.39, 0.29) is 0 Å². The number of hydrogen-bond donors (Lipinski definition) is 2. The van der Waals surface area contributed by atoms with Crippen LogP contribution in [0.25, 0.3) is 0 Å². The fraction of sp³-hybridized carbons (Fsp3) is 0.235. The van der Waals surface area contributed by atoms with Crippen molar-refractivity contribution in [3.05, 3.63) is 64.7 Å². The van der Waals surface area contributed by atoms with Gasteiger partial charge in [0.25, 0.3) is 0 Å². The molecule has 104 valence electrons. The van der Waals surface area contributed by atoms with Gasteiger partial charge in [0.1, 0.15) is 0 Å². The van der Waals surface area contributed by atoms with E-state index in [1.54, 1.807) is 0 Å². The molecule has 2 rings (SSSR count). The zero-order valence-electron chi connectivity index (χ0n) is 12.0. The Morgan fingerprint density at radius 2 is 1.60 bits per heavy atom. The van der Waals surface area contributed by atoms with E-state index in [1.165, 1.54) is 0 Å². The number of nitrogens with one attached hydrogen (secondary N) is 1. The van der Waals surface area contributed by atoms with Crippen molar-refractivity contribution in [2.75, 3.05) is 5.32 Å². The van der Waals surface area contributed by atoms with Crippen molar-refractivity contribution in [3.8, 4) is 0 Å². The second-order valence-electron chi connectivity index (χ2n) is 5.09. The van der Waals surface area contributed by atoms with Crippen LogP contribution in [0.1, 0.15) is 28.3 Å². The lowest BCUT2D eigenvalue weighted by Gasteiger charge is -2.21. The van der Waals surface area contributed by atoms with Gasteiger partial charge in [-0.2, -0.15) is 0 Å². The third-order valence-corrected chi connectivity index (χ3v) is 3.36. The molecule has 0 aliphatic rings. The number of carboxylic acid groups (broad SMARTS) is 1. The molecule has 1 unspecified atom stereocenters. The summed E-state index contributed by atoms with van der Waals surface area (Å²) < 4.78 is 0. The molecule has 0 spiro atoms. The lowest BCUT2D eigenvalue weighted by molar-refractivity contribution is -0.138. The van der Waals surface area contributed by atoms with Crippen LogP contribution in [-0.4, -0.2) is 11.1 Å². The summed E-state index contributed by atoms with van der Waals surface area (Å²) in [4.78, 5) is 11.6. The molecule has 0 heterocycles. The summed E-state index contributed by atoms with van der Waals surface area (Å²) in [5, 5.41) is 12.6. The number of aliphatic carboxylic acids is 1. The average Bonchev–Trinajstić information content (AvgIpc) is 2.37. The van der Waals surface area contributed by atoms with Crippen molar-refractivity contribution >= 4 is 11.7 Å². The first-order valence-electron chi connectivity index (χ1n) is 6.61. The van der Waals surface area contributed by atoms with Crippen molar-refractivity contribution in [2.24, 2.45) is 0 Å². The maximum Gasteiger partial charge on any atom is 0.330 e. The van der Waals surface area contributed by atoms with Crippen molar-refractivity contribution in [2.45, 2.75) is 26.8 Å². The summed E-state index contributed by atoms with van der Waals surface area (Å²) in [5.74, 6) is -0.871. The molecule has 20 heavy (non-hydrogen) atoms. The third-order valence-electron chi connectivity index (χ3n) is 3.36. The third kappa shape index (κ3) is 2.99. The van der Waals surface area contributed by atoms with E-state index in [0.29, 0.717) is 0 Å². The van der Waals surface area contributed by atoms with Crippen LogP contribution in [0.3, 0.4) is 0 Å². The second-order valence-corrected chi connectivity index (χ2v) is 5.09. The van der Waals surface area contributed by atoms with Gasteiger partial charge in [0.05, 0.1) is 0 Å². The van der Waals surface area contributed by atoms with Crippen LogP contribution < -0.4 is 5.32 Å². The van der Waals surface area contributed by atoms with E-state index < -0.39 is 12.0 Å². The van der Waals surface area contributed by atoms with Gasteiger partial charge in [-0.25, -0.2) is 4.79 Å². The minimum atomic E-state index is -0.871. The molecule has 3 heteroatoms. The van der Waals surface area contributed by atoms with Crippen LogP contribution in [0, 0.1) is 20.8 Å². The van der Waals surface area contributed by atoms with E-state index in [1.807, 2.05) is 63.2 Å². The van der Waals surface area contributed by atoms with Crippen molar-refractivity contribution in [1.82, 2.24) is 0 Å². The van der Waals surface area contributed by atoms with Crippen LogP contribution in [0.4, 0.5) is 5.69 Å². The minimum absolute atomic E-state index is 0.738. The van der Waals surface area contributed by atoms with E-state index in [2.05, 4.69) is 5.32 Å². The topological polar surface area (TPSA) is 49.3 Å². The Morgan fingerprint density at radius 1 is 1.05 bits per heavy atom. The number of carbonyl (C=O) groups is 1. The fourth-order valence-electron chi connectivity index (χ4n) is 2.60. The van der Waals surface area contributed by atoms with Crippen molar-refractivity contribution in [1.29, 1.82) is 0 Å². The zero-order chi connectivity index (χ0) is 14.7. The Labute approximate surface area is 119 Å². The Bertz CT molecular complexity index is 597. The summed E-state index contributed by atoms with van der Waals surface area (Å²) >= 11 is 0. The molecule has 2 aromatic carbocycles. The van der Waals surface area contributed by atoms with Gasteiger partial charge in [-0.1, -0.05) is 35.9 Å². The largest absolute Gasteiger partial charge is 0.479 e. The number of benzene rings is 2. The van der Waals surface area contributed by atoms with Crippen LogP contribution in [0.15, 0.2) is 42.5 Å². The summed E-state index contributed by atoms with van der Waals surface area (Å²) in [6.45, 7) is 5.93. The molecule has 0 aromatic heterocycles. The summed E-state index contributed by atoms with van der Waals surface area (Å²) in [5.41, 5.74) is 4.79. The molecular weight excluding hydrogens is 250 g/mol. The van der Waals surface area contributed by atoms with Crippen LogP contribution in [0.2, 0.25) is 0 Å². The van der Waals surface area contributed by atoms with Gasteiger partial charge in [0.15, 0.2) is 6.04 Å². The van der Waals surface area contributed by atoms with Gasteiger partial charge >= 0.3 is 5.97 Å². The van der Waals surface area contributed by atoms with Gasteiger partial charge in [-0.05, 0) is 49.6 Å². The molecule has 3 nitrogen and oxygen atoms in total. The van der Waals surface area contributed by atoms with E-state index in [4.69, 9.17) is 0 Å². The number of rotatable bonds is 4. The second kappa shape index (κ2) is 5.78. The molecule has 0 fully saturated rings. The highest BCUT2D eigenvalue weighted by molar-refractivity contribution is 5.80. The van der Waals surface area contributed by atoms with Gasteiger partial charge in [0, 0.05) is 5.69 Å². The average molecular weight is 269 g/mol. The first-order chi connectivity index (χ1) is 9.49. The molecule has 0 bridgehead atoms. The molecule has 0 saturated heterocycles. The summed E-state index contributed by atoms with van der Waals surface area (Å²) in [7, 11) is 0. The van der Waals surface area contributed by atoms with Gasteiger partial charge in [-0.15, -0.1) is 0 Å². The molecule has 2 aromatic rings. The van der Waals surface area contributed by atoms with Gasteiger partial charge in [0.2, 0.25) is 0 Å². The molecule has 2 N–H and O–H groups in total. The Hall–Kier alpha value is -2.29. The van der Waals surface area contributed by atoms with E-state index >= 15 is 0 Å². The molecule has 0 aliphatic carbocycles. The first kappa shape index (κ1) is 14.1. The number of carboxylic acids is 1. The first-order valence-corrected chi connectivity index (χ1v) is 6.61. The normalized spacial score (nSPS) is 11.9. The lowest BCUT2D eigenvalue weighted by atomic mass is 9.94. The highest BCUT2D eigenvalue weighted by Crippen LogP contribution is 2.27. The fourth-order valence-corrected chi connectivity index (χ4v) is 2.60. The van der Waals surface area contributed by atoms with Crippen molar-refractivity contribution < 1.29 is 9.90 Å². The highest BCUT2D eigenvalue weighted by atomic mass is 16.4. The number of para-hydroxylation sites is 1. The minimum Gasteiger partial charge on any atom is -0.479 e. The monoisotopic (exact) mass is 269 g/mol. The van der Waals surface area contributed by atoms with E-state index in [0.717, 1.165) is 27.9 Å². The molecule has 0 aliphatic heterocycles. The SMILES string of the molecule is Cc1cc(C)c(C(Nc2ccccc2)C(=O)O)c(C)c1. The van der Waals surface area contributed by atoms with Crippen LogP contribution >= 0.6 is 0 Å². The lowest BCUT2D eigenvalue weighted by Crippen LogP contribution is -2.22. The smallest absolute Gasteiger partial charge is 0.330 e. The summed E-state index contributed by atoms with van der Waals surface area (Å²) in [6, 6.07) is 12.7. The maximum atomic E-state index is 11.6. The number of hydrogen-bond acceptors (Lipinski definition) is 2. The Morgan fingerprint density at radius 3 is 2.10 bits per heavy atom. The van der Waals surface area contributed by atoms with Gasteiger partial charge < -0.3 is 10.4 Å². The molecular formula is C17H19NO2. The molecule has 1 atom stereocenters. The van der Waals surface area contributed by atoms with Gasteiger partial charge in [-0.3, -0.25) is 0 Å². The van der Waals surface area contributed by atoms with Crippen LogP contribution in [-0.2, 0) is 4.79 Å². The number of anilines is 1. The predicted molar refractivity (Wildman–Crippen MR) is 81.1 cm³/mol. The Balaban J connectivity index is 2.42.